The number of anilines is 2. The largest absolute Gasteiger partial charge is 0.481 e. The topological polar surface area (TPSA) is 135 Å². The highest BCUT2D eigenvalue weighted by Crippen LogP contribution is 2.29. The molecule has 0 amide bonds. The Balaban J connectivity index is 0.000000202. The molecule has 0 radical (unpaired) electrons. The Morgan fingerprint density at radius 3 is 2.34 bits per heavy atom. The molecule has 0 aliphatic heterocycles. The molecule has 2 aromatic carbocycles. The summed E-state index contributed by atoms with van der Waals surface area (Å²) in [5.41, 5.74) is 16.1. The van der Waals surface area contributed by atoms with Gasteiger partial charge < -0.3 is 16.2 Å². The lowest BCUT2D eigenvalue weighted by Gasteiger charge is -2.15. The molecule has 0 unspecified atom stereocenters. The lowest BCUT2D eigenvalue weighted by atomic mass is 9.99. The lowest BCUT2D eigenvalue weighted by Crippen LogP contribution is -2.22. The first-order valence-electron chi connectivity index (χ1n) is 13.0. The molecule has 0 atom stereocenters. The number of fused-ring (bicyclic) bond motifs is 1. The third-order valence-electron chi connectivity index (χ3n) is 6.53. The van der Waals surface area contributed by atoms with Crippen molar-refractivity contribution in [3.8, 4) is 34.0 Å². The maximum Gasteiger partial charge on any atom is 0.263 e. The minimum absolute atomic E-state index is 0.0121. The highest BCUT2D eigenvalue weighted by molar-refractivity contribution is 5.96. The van der Waals surface area contributed by atoms with E-state index in [9.17, 15) is 4.79 Å². The van der Waals surface area contributed by atoms with E-state index in [0.29, 0.717) is 22.6 Å². The van der Waals surface area contributed by atoms with Crippen LogP contribution in [0.25, 0.3) is 38.8 Å². The van der Waals surface area contributed by atoms with E-state index in [4.69, 9.17) is 16.2 Å². The van der Waals surface area contributed by atoms with Gasteiger partial charge in [-0.3, -0.25) is 14.3 Å². The molecule has 9 heteroatoms. The lowest BCUT2D eigenvalue weighted by molar-refractivity contribution is 0.398. The number of nitrogen functional groups attached to an aromatic ring is 2. The molecule has 0 bridgehead atoms. The van der Waals surface area contributed by atoms with Crippen LogP contribution in [-0.4, -0.2) is 31.6 Å². The molecule has 4 N–H and O–H groups in total. The van der Waals surface area contributed by atoms with Crippen molar-refractivity contribution in [3.63, 3.8) is 0 Å². The summed E-state index contributed by atoms with van der Waals surface area (Å²) in [4.78, 5) is 29.6. The van der Waals surface area contributed by atoms with Crippen LogP contribution >= 0.6 is 0 Å². The van der Waals surface area contributed by atoms with Crippen molar-refractivity contribution in [3.05, 3.63) is 120 Å². The Morgan fingerprint density at radius 1 is 0.829 bits per heavy atom. The fourth-order valence-corrected chi connectivity index (χ4v) is 4.59. The van der Waals surface area contributed by atoms with Gasteiger partial charge in [0.15, 0.2) is 0 Å². The number of para-hydroxylation sites is 1. The number of methoxy groups -OCH3 is 1. The summed E-state index contributed by atoms with van der Waals surface area (Å²) in [5, 5.41) is 1.64. The molecule has 0 saturated heterocycles. The number of nitrogens with two attached hydrogens (primary N) is 2. The van der Waals surface area contributed by atoms with E-state index < -0.39 is 0 Å². The van der Waals surface area contributed by atoms with Crippen molar-refractivity contribution in [1.29, 1.82) is 0 Å². The van der Waals surface area contributed by atoms with Gasteiger partial charge >= 0.3 is 0 Å². The van der Waals surface area contributed by atoms with Crippen LogP contribution in [-0.2, 0) is 6.42 Å². The quantitative estimate of drug-likeness (QED) is 0.298. The zero-order chi connectivity index (χ0) is 28.8. The van der Waals surface area contributed by atoms with Crippen molar-refractivity contribution >= 4 is 22.5 Å². The Bertz CT molecular complexity index is 1860. The van der Waals surface area contributed by atoms with E-state index in [1.54, 1.807) is 25.7 Å². The predicted octanol–water partition coefficient (Wildman–Crippen LogP) is 5.33. The van der Waals surface area contributed by atoms with E-state index in [2.05, 4.69) is 32.9 Å². The summed E-state index contributed by atoms with van der Waals surface area (Å²) in [7, 11) is 1.59. The number of aromatic nitrogens is 5. The molecule has 4 aromatic heterocycles. The number of ether oxygens (including phenoxy) is 1. The van der Waals surface area contributed by atoms with Gasteiger partial charge in [0.25, 0.3) is 5.56 Å². The average molecular weight is 544 g/mol. The van der Waals surface area contributed by atoms with Gasteiger partial charge in [0.1, 0.15) is 5.82 Å². The summed E-state index contributed by atoms with van der Waals surface area (Å²) in [6, 6.07) is 27.1. The first-order valence-corrected chi connectivity index (χ1v) is 13.0. The smallest absolute Gasteiger partial charge is 0.263 e. The van der Waals surface area contributed by atoms with Gasteiger partial charge in [-0.25, -0.2) is 9.97 Å². The molecular formula is C32H29N7O2. The number of hydrogen-bond donors (Lipinski definition) is 2. The van der Waals surface area contributed by atoms with E-state index in [1.807, 2.05) is 83.4 Å². The van der Waals surface area contributed by atoms with Crippen LogP contribution in [0, 0.1) is 0 Å². The van der Waals surface area contributed by atoms with Crippen molar-refractivity contribution in [2.75, 3.05) is 18.6 Å². The minimum atomic E-state index is -0.0121. The Hall–Kier alpha value is -5.57. The average Bonchev–Trinajstić information content (AvgIpc) is 3.02. The molecule has 4 heterocycles. The number of aryl methyl sites for hydroxylation is 1. The highest BCUT2D eigenvalue weighted by Gasteiger charge is 2.14. The molecule has 0 fully saturated rings. The molecule has 6 rings (SSSR count). The van der Waals surface area contributed by atoms with Crippen LogP contribution in [0.4, 0.5) is 11.8 Å². The number of nitrogens with zero attached hydrogens (tertiary/aromatic N) is 5. The normalized spacial score (nSPS) is 10.6. The summed E-state index contributed by atoms with van der Waals surface area (Å²) in [6.07, 6.45) is 5.72. The van der Waals surface area contributed by atoms with Gasteiger partial charge in [-0.15, -0.1) is 0 Å². The SMILES string of the molecule is CCc1cc2cccc(-c3ccnc(OC)c3)c2c(=O)n1-c1ccccc1.Nc1ncc(-c2ccccn2)c(N)n1. The Kier molecular flexibility index (Phi) is 7.96. The molecule has 0 saturated carbocycles. The molecule has 9 nitrogen and oxygen atoms in total. The summed E-state index contributed by atoms with van der Waals surface area (Å²) < 4.78 is 7.06. The van der Waals surface area contributed by atoms with Crippen LogP contribution in [0.3, 0.4) is 0 Å². The van der Waals surface area contributed by atoms with Crippen LogP contribution in [0.1, 0.15) is 12.6 Å². The molecule has 0 aliphatic carbocycles. The van der Waals surface area contributed by atoms with Gasteiger partial charge in [0.05, 0.1) is 23.8 Å². The fraction of sp³-hybridized carbons (Fsp3) is 0.0938. The van der Waals surface area contributed by atoms with Crippen LogP contribution in [0.2, 0.25) is 0 Å². The van der Waals surface area contributed by atoms with E-state index in [1.165, 1.54) is 0 Å². The molecule has 0 aliphatic rings. The summed E-state index contributed by atoms with van der Waals surface area (Å²) >= 11 is 0. The second-order valence-corrected chi connectivity index (χ2v) is 9.06. The zero-order valence-electron chi connectivity index (χ0n) is 22.7. The molecular weight excluding hydrogens is 514 g/mol. The predicted molar refractivity (Wildman–Crippen MR) is 163 cm³/mol. The van der Waals surface area contributed by atoms with E-state index >= 15 is 0 Å². The number of rotatable bonds is 5. The number of benzene rings is 2. The standard InChI is InChI=1S/C23H20N2O2.C9H9N5/c1-3-18-14-17-8-7-11-20(16-12-13-24-21(15-16)27-2)22(17)23(26)25(18)19-9-5-4-6-10-19;10-8-6(5-13-9(11)14-8)7-3-1-2-4-12-7/h4-15H,3H2,1-2H3;1-5H,(H4,10,11,13,14). The van der Waals surface area contributed by atoms with Gasteiger partial charge in [-0.2, -0.15) is 4.98 Å². The van der Waals surface area contributed by atoms with Gasteiger partial charge in [-0.05, 0) is 59.3 Å². The molecule has 41 heavy (non-hydrogen) atoms. The van der Waals surface area contributed by atoms with Crippen molar-refractivity contribution < 1.29 is 4.74 Å². The van der Waals surface area contributed by atoms with Crippen molar-refractivity contribution in [2.24, 2.45) is 0 Å². The first-order chi connectivity index (χ1) is 20.0. The van der Waals surface area contributed by atoms with Crippen LogP contribution in [0.5, 0.6) is 5.88 Å². The van der Waals surface area contributed by atoms with E-state index in [0.717, 1.165) is 40.0 Å². The van der Waals surface area contributed by atoms with Crippen molar-refractivity contribution in [2.45, 2.75) is 13.3 Å². The number of pyridine rings is 3. The molecule has 204 valence electrons. The van der Waals surface area contributed by atoms with Gasteiger partial charge in [0, 0.05) is 36.0 Å². The second kappa shape index (κ2) is 12.1. The monoisotopic (exact) mass is 543 g/mol. The minimum Gasteiger partial charge on any atom is -0.481 e. The Morgan fingerprint density at radius 2 is 1.63 bits per heavy atom. The van der Waals surface area contributed by atoms with Crippen molar-refractivity contribution in [1.82, 2.24) is 24.5 Å². The second-order valence-electron chi connectivity index (χ2n) is 9.06. The van der Waals surface area contributed by atoms with Crippen LogP contribution in [0.15, 0.2) is 108 Å². The zero-order valence-corrected chi connectivity index (χ0v) is 22.7. The first kappa shape index (κ1) is 27.0. The molecule has 0 spiro atoms. The maximum absolute atomic E-state index is 13.6. The summed E-state index contributed by atoms with van der Waals surface area (Å²) in [5.74, 6) is 1.04. The van der Waals surface area contributed by atoms with Gasteiger partial charge in [0.2, 0.25) is 11.8 Å². The third kappa shape index (κ3) is 5.74. The Labute approximate surface area is 237 Å². The van der Waals surface area contributed by atoms with Crippen LogP contribution < -0.4 is 21.8 Å². The van der Waals surface area contributed by atoms with Gasteiger partial charge in [-0.1, -0.05) is 49.4 Å². The maximum atomic E-state index is 13.6. The third-order valence-corrected chi connectivity index (χ3v) is 6.53. The highest BCUT2D eigenvalue weighted by atomic mass is 16.5. The summed E-state index contributed by atoms with van der Waals surface area (Å²) in [6.45, 7) is 2.07. The molecule has 6 aromatic rings. The fourth-order valence-electron chi connectivity index (χ4n) is 4.59. The van der Waals surface area contributed by atoms with E-state index in [-0.39, 0.29) is 11.5 Å². The number of hydrogen-bond acceptors (Lipinski definition) is 8.